The van der Waals surface area contributed by atoms with Crippen LogP contribution in [0.15, 0.2) is 60.8 Å². The standard InChI is InChI=1S/C36H50FNO/c1-5-6-7-8-9-10-11-12-16-30-17-19-31(20-18-30)33-21-23-35(38-26-33)32-22-24-36(34(37)25-32)39-27-29(4)15-13-14-28(2)3/h17-26,28-29H,5-16,27H2,1-4H3/t29-/m0/s1. The molecule has 3 rings (SSSR count). The van der Waals surface area contributed by atoms with Crippen molar-refractivity contribution >= 4 is 0 Å². The van der Waals surface area contributed by atoms with Crippen molar-refractivity contribution in [3.63, 3.8) is 0 Å². The Morgan fingerprint density at radius 2 is 1.38 bits per heavy atom. The van der Waals surface area contributed by atoms with E-state index in [1.807, 2.05) is 18.3 Å². The zero-order chi connectivity index (χ0) is 27.9. The molecule has 1 aromatic heterocycles. The first-order chi connectivity index (χ1) is 19.0. The minimum atomic E-state index is -0.333. The molecule has 2 aromatic carbocycles. The van der Waals surface area contributed by atoms with Gasteiger partial charge >= 0.3 is 0 Å². The molecule has 0 aliphatic carbocycles. The highest BCUT2D eigenvalue weighted by atomic mass is 19.1. The maximum Gasteiger partial charge on any atom is 0.165 e. The van der Waals surface area contributed by atoms with Gasteiger partial charge in [-0.1, -0.05) is 116 Å². The van der Waals surface area contributed by atoms with Crippen LogP contribution in [0.25, 0.3) is 22.4 Å². The SMILES string of the molecule is CCCCCCCCCCc1ccc(-c2ccc(-c3ccc(OC[C@@H](C)CCCC(C)C)c(F)c3)nc2)cc1. The van der Waals surface area contributed by atoms with Crippen molar-refractivity contribution < 1.29 is 9.13 Å². The van der Waals surface area contributed by atoms with Crippen LogP contribution < -0.4 is 4.74 Å². The Morgan fingerprint density at radius 1 is 0.718 bits per heavy atom. The van der Waals surface area contributed by atoms with Gasteiger partial charge in [0.2, 0.25) is 0 Å². The topological polar surface area (TPSA) is 22.1 Å². The Hall–Kier alpha value is -2.68. The Labute approximate surface area is 237 Å². The molecule has 0 radical (unpaired) electrons. The van der Waals surface area contributed by atoms with Gasteiger partial charge in [-0.2, -0.15) is 0 Å². The number of ether oxygens (including phenoxy) is 1. The molecule has 1 heterocycles. The number of benzene rings is 2. The van der Waals surface area contributed by atoms with E-state index >= 15 is 0 Å². The highest BCUT2D eigenvalue weighted by Gasteiger charge is 2.10. The second kappa shape index (κ2) is 17.1. The molecule has 2 nitrogen and oxygen atoms in total. The number of halogens is 1. The first-order valence-corrected chi connectivity index (χ1v) is 15.4. The Morgan fingerprint density at radius 3 is 2.03 bits per heavy atom. The van der Waals surface area contributed by atoms with E-state index in [2.05, 4.69) is 63.0 Å². The summed E-state index contributed by atoms with van der Waals surface area (Å²) in [6.07, 6.45) is 17.4. The average Bonchev–Trinajstić information content (AvgIpc) is 2.94. The van der Waals surface area contributed by atoms with Crippen LogP contribution in [-0.2, 0) is 6.42 Å². The molecule has 39 heavy (non-hydrogen) atoms. The number of pyridine rings is 1. The predicted octanol–water partition coefficient (Wildman–Crippen LogP) is 11.1. The molecule has 0 aliphatic heterocycles. The van der Waals surface area contributed by atoms with Crippen LogP contribution in [0.4, 0.5) is 4.39 Å². The van der Waals surface area contributed by atoms with Gasteiger partial charge in [-0.15, -0.1) is 0 Å². The van der Waals surface area contributed by atoms with Gasteiger partial charge in [0.25, 0.3) is 0 Å². The van der Waals surface area contributed by atoms with Gasteiger partial charge in [0.15, 0.2) is 11.6 Å². The second-order valence-electron chi connectivity index (χ2n) is 11.7. The van der Waals surface area contributed by atoms with Crippen LogP contribution in [0.5, 0.6) is 5.75 Å². The van der Waals surface area contributed by atoms with E-state index in [-0.39, 0.29) is 5.82 Å². The van der Waals surface area contributed by atoms with Gasteiger partial charge < -0.3 is 4.74 Å². The van der Waals surface area contributed by atoms with Crippen molar-refractivity contribution in [1.29, 1.82) is 0 Å². The van der Waals surface area contributed by atoms with Gasteiger partial charge in [-0.3, -0.25) is 4.98 Å². The smallest absolute Gasteiger partial charge is 0.165 e. The van der Waals surface area contributed by atoms with Crippen LogP contribution in [0.3, 0.4) is 0 Å². The molecular formula is C36H50FNO. The van der Waals surface area contributed by atoms with Crippen molar-refractivity contribution in [2.45, 2.75) is 105 Å². The van der Waals surface area contributed by atoms with Crippen molar-refractivity contribution in [3.8, 4) is 28.1 Å². The van der Waals surface area contributed by atoms with Gasteiger partial charge in [0.1, 0.15) is 0 Å². The van der Waals surface area contributed by atoms with E-state index < -0.39 is 0 Å². The fraction of sp³-hybridized carbons (Fsp3) is 0.528. The molecule has 0 amide bonds. The molecular weight excluding hydrogens is 481 g/mol. The van der Waals surface area contributed by atoms with E-state index in [9.17, 15) is 4.39 Å². The monoisotopic (exact) mass is 531 g/mol. The quantitative estimate of drug-likeness (QED) is 0.152. The summed E-state index contributed by atoms with van der Waals surface area (Å²) in [7, 11) is 0. The number of aryl methyl sites for hydroxylation is 1. The molecule has 0 bridgehead atoms. The molecule has 0 fully saturated rings. The molecule has 0 spiro atoms. The van der Waals surface area contributed by atoms with Crippen LogP contribution in [0, 0.1) is 17.7 Å². The summed E-state index contributed by atoms with van der Waals surface area (Å²) in [5.41, 5.74) is 5.15. The normalized spacial score (nSPS) is 12.2. The minimum absolute atomic E-state index is 0.318. The lowest BCUT2D eigenvalue weighted by molar-refractivity contribution is 0.238. The molecule has 0 saturated heterocycles. The third-order valence-electron chi connectivity index (χ3n) is 7.60. The van der Waals surface area contributed by atoms with Gasteiger partial charge in [-0.25, -0.2) is 4.39 Å². The number of hydrogen-bond acceptors (Lipinski definition) is 2. The number of rotatable bonds is 18. The molecule has 1 atom stereocenters. The van der Waals surface area contributed by atoms with Gasteiger partial charge in [-0.05, 0) is 66.5 Å². The molecule has 0 saturated carbocycles. The summed E-state index contributed by atoms with van der Waals surface area (Å²) in [6.45, 7) is 9.47. The summed E-state index contributed by atoms with van der Waals surface area (Å²) in [5, 5.41) is 0. The van der Waals surface area contributed by atoms with Crippen LogP contribution in [-0.4, -0.2) is 11.6 Å². The number of aromatic nitrogens is 1. The van der Waals surface area contributed by atoms with Crippen molar-refractivity contribution in [1.82, 2.24) is 4.98 Å². The number of hydrogen-bond donors (Lipinski definition) is 0. The molecule has 0 unspecified atom stereocenters. The Kier molecular flexibility index (Phi) is 13.5. The summed E-state index contributed by atoms with van der Waals surface area (Å²) in [6, 6.07) is 18.0. The molecule has 0 aliphatic rings. The summed E-state index contributed by atoms with van der Waals surface area (Å²) >= 11 is 0. The predicted molar refractivity (Wildman–Crippen MR) is 165 cm³/mol. The van der Waals surface area contributed by atoms with E-state index in [0.29, 0.717) is 18.3 Å². The molecule has 3 aromatic rings. The first-order valence-electron chi connectivity index (χ1n) is 15.4. The first kappa shape index (κ1) is 30.9. The van der Waals surface area contributed by atoms with Crippen LogP contribution in [0.1, 0.15) is 104 Å². The second-order valence-corrected chi connectivity index (χ2v) is 11.7. The fourth-order valence-electron chi connectivity index (χ4n) is 5.03. The Bertz CT molecular complexity index is 1070. The van der Waals surface area contributed by atoms with Crippen molar-refractivity contribution in [2.24, 2.45) is 11.8 Å². The fourth-order valence-corrected chi connectivity index (χ4v) is 5.03. The maximum absolute atomic E-state index is 14.8. The lowest BCUT2D eigenvalue weighted by Crippen LogP contribution is -2.09. The molecule has 3 heteroatoms. The summed E-state index contributed by atoms with van der Waals surface area (Å²) in [5.74, 6) is 1.12. The van der Waals surface area contributed by atoms with E-state index in [1.54, 1.807) is 6.07 Å². The number of nitrogens with zero attached hydrogens (tertiary/aromatic N) is 1. The Balaban J connectivity index is 1.46. The van der Waals surface area contributed by atoms with Crippen LogP contribution in [0.2, 0.25) is 0 Å². The van der Waals surface area contributed by atoms with E-state index in [0.717, 1.165) is 41.1 Å². The van der Waals surface area contributed by atoms with Crippen molar-refractivity contribution in [2.75, 3.05) is 6.61 Å². The number of unbranched alkanes of at least 4 members (excludes halogenated alkanes) is 7. The third kappa shape index (κ3) is 11.1. The summed E-state index contributed by atoms with van der Waals surface area (Å²) < 4.78 is 20.6. The van der Waals surface area contributed by atoms with Crippen LogP contribution >= 0.6 is 0 Å². The van der Waals surface area contributed by atoms with Crippen molar-refractivity contribution in [3.05, 3.63) is 72.2 Å². The lowest BCUT2D eigenvalue weighted by Gasteiger charge is -2.14. The lowest BCUT2D eigenvalue weighted by atomic mass is 10.0. The van der Waals surface area contributed by atoms with E-state index in [4.69, 9.17) is 4.74 Å². The molecule has 212 valence electrons. The van der Waals surface area contributed by atoms with E-state index in [1.165, 1.54) is 75.8 Å². The maximum atomic E-state index is 14.8. The highest BCUT2D eigenvalue weighted by Crippen LogP contribution is 2.27. The summed E-state index contributed by atoms with van der Waals surface area (Å²) in [4.78, 5) is 4.63. The van der Waals surface area contributed by atoms with Gasteiger partial charge in [0, 0.05) is 17.3 Å². The zero-order valence-corrected chi connectivity index (χ0v) is 24.9. The average molecular weight is 532 g/mol. The largest absolute Gasteiger partial charge is 0.490 e. The molecule has 0 N–H and O–H groups in total. The third-order valence-corrected chi connectivity index (χ3v) is 7.60. The van der Waals surface area contributed by atoms with Gasteiger partial charge in [0.05, 0.1) is 12.3 Å². The zero-order valence-electron chi connectivity index (χ0n) is 24.9. The highest BCUT2D eigenvalue weighted by molar-refractivity contribution is 5.67. The minimum Gasteiger partial charge on any atom is -0.490 e.